The molecule has 0 radical (unpaired) electrons. The summed E-state index contributed by atoms with van der Waals surface area (Å²) in [5.41, 5.74) is 0.635. The summed E-state index contributed by atoms with van der Waals surface area (Å²) >= 11 is 5.77. The first kappa shape index (κ1) is 17.3. The van der Waals surface area contributed by atoms with Crippen LogP contribution in [0.3, 0.4) is 0 Å². The van der Waals surface area contributed by atoms with Crippen molar-refractivity contribution in [2.24, 2.45) is 11.8 Å². The van der Waals surface area contributed by atoms with E-state index in [2.05, 4.69) is 10.6 Å². The molecule has 1 unspecified atom stereocenters. The number of anilines is 1. The van der Waals surface area contributed by atoms with E-state index in [9.17, 15) is 9.59 Å². The van der Waals surface area contributed by atoms with Gasteiger partial charge in [-0.3, -0.25) is 4.79 Å². The zero-order valence-corrected chi connectivity index (χ0v) is 13.2. The Kier molecular flexibility index (Phi) is 7.02. The summed E-state index contributed by atoms with van der Waals surface area (Å²) in [6.45, 7) is 4.28. The Morgan fingerprint density at radius 3 is 2.38 bits per heavy atom. The molecule has 0 aromatic heterocycles. The predicted octanol–water partition coefficient (Wildman–Crippen LogP) is 3.30. The van der Waals surface area contributed by atoms with E-state index in [0.29, 0.717) is 23.0 Å². The van der Waals surface area contributed by atoms with E-state index in [0.717, 1.165) is 0 Å². The molecule has 21 heavy (non-hydrogen) atoms. The van der Waals surface area contributed by atoms with Crippen LogP contribution in [0, 0.1) is 11.8 Å². The maximum atomic E-state index is 11.8. The van der Waals surface area contributed by atoms with Crippen LogP contribution in [0.15, 0.2) is 24.3 Å². The van der Waals surface area contributed by atoms with Crippen LogP contribution in [-0.4, -0.2) is 25.7 Å². The van der Waals surface area contributed by atoms with Crippen LogP contribution < -0.4 is 10.6 Å². The Hall–Kier alpha value is -1.75. The van der Waals surface area contributed by atoms with Crippen molar-refractivity contribution in [2.45, 2.75) is 20.3 Å². The van der Waals surface area contributed by atoms with E-state index in [-0.39, 0.29) is 24.5 Å². The zero-order valence-electron chi connectivity index (χ0n) is 12.5. The lowest BCUT2D eigenvalue weighted by Crippen LogP contribution is -2.36. The summed E-state index contributed by atoms with van der Waals surface area (Å²) in [4.78, 5) is 23.4. The number of methoxy groups -OCH3 is 1. The summed E-state index contributed by atoms with van der Waals surface area (Å²) in [5, 5.41) is 5.96. The van der Waals surface area contributed by atoms with Crippen LogP contribution in [-0.2, 0) is 9.53 Å². The van der Waals surface area contributed by atoms with E-state index in [1.54, 1.807) is 24.3 Å². The van der Waals surface area contributed by atoms with Crippen LogP contribution in [0.25, 0.3) is 0 Å². The molecule has 1 rings (SSSR count). The summed E-state index contributed by atoms with van der Waals surface area (Å²) in [7, 11) is 1.35. The van der Waals surface area contributed by atoms with Crippen molar-refractivity contribution in [2.75, 3.05) is 19.0 Å². The highest BCUT2D eigenvalue weighted by atomic mass is 35.5. The molecule has 0 saturated carbocycles. The van der Waals surface area contributed by atoms with E-state index in [4.69, 9.17) is 16.3 Å². The summed E-state index contributed by atoms with van der Waals surface area (Å²) in [6, 6.07) is 6.41. The number of amides is 2. The average Bonchev–Trinajstić information content (AvgIpc) is 2.44. The van der Waals surface area contributed by atoms with E-state index < -0.39 is 0 Å². The Labute approximate surface area is 130 Å². The van der Waals surface area contributed by atoms with Gasteiger partial charge in [-0.25, -0.2) is 4.79 Å². The van der Waals surface area contributed by atoms with E-state index in [1.807, 2.05) is 13.8 Å². The Morgan fingerprint density at radius 2 is 1.86 bits per heavy atom. The highest BCUT2D eigenvalue weighted by Crippen LogP contribution is 2.14. The molecule has 0 saturated heterocycles. The molecule has 5 nitrogen and oxygen atoms in total. The quantitative estimate of drug-likeness (QED) is 0.792. The SMILES string of the molecule is COC(=O)C(CNC(=O)Nc1ccc(Cl)cc1)CC(C)C. The molecular weight excluding hydrogens is 292 g/mol. The van der Waals surface area contributed by atoms with Gasteiger partial charge in [-0.05, 0) is 36.6 Å². The normalized spacial score (nSPS) is 11.9. The minimum Gasteiger partial charge on any atom is -0.469 e. The van der Waals surface area contributed by atoms with Gasteiger partial charge >= 0.3 is 12.0 Å². The summed E-state index contributed by atoms with van der Waals surface area (Å²) in [5.74, 6) is -0.309. The highest BCUT2D eigenvalue weighted by molar-refractivity contribution is 6.30. The third kappa shape index (κ3) is 6.49. The van der Waals surface area contributed by atoms with Gasteiger partial charge in [0.05, 0.1) is 13.0 Å². The number of nitrogens with one attached hydrogen (secondary N) is 2. The van der Waals surface area contributed by atoms with Crippen molar-refractivity contribution in [1.29, 1.82) is 0 Å². The molecule has 0 aliphatic carbocycles. The molecule has 0 heterocycles. The number of esters is 1. The second-order valence-electron chi connectivity index (χ2n) is 5.19. The fraction of sp³-hybridized carbons (Fsp3) is 0.467. The topological polar surface area (TPSA) is 67.4 Å². The molecule has 1 atom stereocenters. The second kappa shape index (κ2) is 8.52. The van der Waals surface area contributed by atoms with Gasteiger partial charge < -0.3 is 15.4 Å². The minimum atomic E-state index is -0.366. The second-order valence-corrected chi connectivity index (χ2v) is 5.63. The first-order valence-electron chi connectivity index (χ1n) is 6.80. The van der Waals surface area contributed by atoms with Crippen molar-refractivity contribution in [3.05, 3.63) is 29.3 Å². The van der Waals surface area contributed by atoms with Crippen molar-refractivity contribution in [1.82, 2.24) is 5.32 Å². The van der Waals surface area contributed by atoms with Crippen LogP contribution in [0.5, 0.6) is 0 Å². The van der Waals surface area contributed by atoms with Gasteiger partial charge in [0, 0.05) is 17.3 Å². The van der Waals surface area contributed by atoms with E-state index >= 15 is 0 Å². The first-order valence-corrected chi connectivity index (χ1v) is 7.18. The fourth-order valence-corrected chi connectivity index (χ4v) is 2.05. The molecule has 0 aliphatic rings. The molecule has 1 aromatic carbocycles. The molecule has 0 bridgehead atoms. The number of halogens is 1. The van der Waals surface area contributed by atoms with Crippen molar-refractivity contribution in [3.8, 4) is 0 Å². The van der Waals surface area contributed by atoms with Crippen LogP contribution >= 0.6 is 11.6 Å². The van der Waals surface area contributed by atoms with Crippen LogP contribution in [0.2, 0.25) is 5.02 Å². The number of hydrogen-bond acceptors (Lipinski definition) is 3. The number of carbonyl (C=O) groups excluding carboxylic acids is 2. The maximum Gasteiger partial charge on any atom is 0.319 e. The van der Waals surface area contributed by atoms with Crippen molar-refractivity contribution < 1.29 is 14.3 Å². The number of carbonyl (C=O) groups is 2. The molecule has 0 spiro atoms. The number of ether oxygens (including phenoxy) is 1. The lowest BCUT2D eigenvalue weighted by Gasteiger charge is -2.17. The van der Waals surface area contributed by atoms with Crippen LogP contribution in [0.1, 0.15) is 20.3 Å². The molecule has 6 heteroatoms. The predicted molar refractivity (Wildman–Crippen MR) is 83.4 cm³/mol. The minimum absolute atomic E-state index is 0.240. The Bertz CT molecular complexity index is 474. The zero-order chi connectivity index (χ0) is 15.8. The van der Waals surface area contributed by atoms with E-state index in [1.165, 1.54) is 7.11 Å². The van der Waals surface area contributed by atoms with Gasteiger partial charge in [0.1, 0.15) is 0 Å². The molecule has 2 amide bonds. The lowest BCUT2D eigenvalue weighted by molar-refractivity contribution is -0.145. The Morgan fingerprint density at radius 1 is 1.24 bits per heavy atom. The monoisotopic (exact) mass is 312 g/mol. The van der Waals surface area contributed by atoms with Crippen LogP contribution in [0.4, 0.5) is 10.5 Å². The Balaban J connectivity index is 2.49. The highest BCUT2D eigenvalue weighted by Gasteiger charge is 2.21. The number of benzene rings is 1. The van der Waals surface area contributed by atoms with Gasteiger partial charge in [0.15, 0.2) is 0 Å². The molecule has 0 fully saturated rings. The van der Waals surface area contributed by atoms with Gasteiger partial charge in [0.25, 0.3) is 0 Å². The van der Waals surface area contributed by atoms with Gasteiger partial charge in [-0.1, -0.05) is 25.4 Å². The van der Waals surface area contributed by atoms with Crippen molar-refractivity contribution in [3.63, 3.8) is 0 Å². The smallest absolute Gasteiger partial charge is 0.319 e. The van der Waals surface area contributed by atoms with Gasteiger partial charge in [-0.15, -0.1) is 0 Å². The third-order valence-electron chi connectivity index (χ3n) is 2.90. The molecule has 116 valence electrons. The van der Waals surface area contributed by atoms with Crippen molar-refractivity contribution >= 4 is 29.3 Å². The molecule has 2 N–H and O–H groups in total. The number of hydrogen-bond donors (Lipinski definition) is 2. The average molecular weight is 313 g/mol. The third-order valence-corrected chi connectivity index (χ3v) is 3.15. The fourth-order valence-electron chi connectivity index (χ4n) is 1.92. The summed E-state index contributed by atoms with van der Waals surface area (Å²) < 4.78 is 4.75. The first-order chi connectivity index (χ1) is 9.92. The van der Waals surface area contributed by atoms with Gasteiger partial charge in [0.2, 0.25) is 0 Å². The summed E-state index contributed by atoms with van der Waals surface area (Å²) in [6.07, 6.45) is 0.661. The number of rotatable bonds is 6. The molecule has 0 aliphatic heterocycles. The van der Waals surface area contributed by atoms with Gasteiger partial charge in [-0.2, -0.15) is 0 Å². The maximum absolute atomic E-state index is 11.8. The molecular formula is C15H21ClN2O3. The lowest BCUT2D eigenvalue weighted by atomic mass is 9.97. The largest absolute Gasteiger partial charge is 0.469 e. The standard InChI is InChI=1S/C15H21ClN2O3/c1-10(2)8-11(14(19)21-3)9-17-15(20)18-13-6-4-12(16)5-7-13/h4-7,10-11H,8-9H2,1-3H3,(H2,17,18,20). The molecule has 1 aromatic rings. The number of urea groups is 1.